The normalized spacial score (nSPS) is 23.9. The molecule has 1 aliphatic heterocycles. The summed E-state index contributed by atoms with van der Waals surface area (Å²) in [5.41, 5.74) is -1.05. The van der Waals surface area contributed by atoms with E-state index in [0.717, 1.165) is 0 Å². The lowest BCUT2D eigenvalue weighted by molar-refractivity contribution is -0.146. The number of rotatable bonds is 3. The highest BCUT2D eigenvalue weighted by Gasteiger charge is 2.44. The summed E-state index contributed by atoms with van der Waals surface area (Å²) in [5.74, 6) is -0.996. The summed E-state index contributed by atoms with van der Waals surface area (Å²) in [7, 11) is -3.76. The zero-order valence-electron chi connectivity index (χ0n) is 10.6. The average Bonchev–Trinajstić information content (AvgIpc) is 2.77. The summed E-state index contributed by atoms with van der Waals surface area (Å²) >= 11 is 11.6. The molecule has 1 unspecified atom stereocenters. The molecule has 0 bridgehead atoms. The molecule has 1 aliphatic rings. The smallest absolute Gasteiger partial charge is 0.310 e. The second kappa shape index (κ2) is 5.18. The van der Waals surface area contributed by atoms with Crippen LogP contribution in [0, 0.1) is 5.41 Å². The number of nitrogens with zero attached hydrogens (tertiary/aromatic N) is 1. The van der Waals surface area contributed by atoms with Gasteiger partial charge in [-0.2, -0.15) is 4.31 Å². The zero-order valence-corrected chi connectivity index (χ0v) is 13.0. The van der Waals surface area contributed by atoms with E-state index in [1.807, 2.05) is 0 Å². The average molecular weight is 338 g/mol. The quantitative estimate of drug-likeness (QED) is 0.919. The molecule has 110 valence electrons. The predicted molar refractivity (Wildman–Crippen MR) is 75.6 cm³/mol. The van der Waals surface area contributed by atoms with Crippen LogP contribution in [0.4, 0.5) is 0 Å². The SMILES string of the molecule is CC1(C(=O)O)CCN(S(=O)(=O)c2ccc(Cl)c(Cl)c2)C1. The molecule has 1 heterocycles. The lowest BCUT2D eigenvalue weighted by Crippen LogP contribution is -2.34. The van der Waals surface area contributed by atoms with Gasteiger partial charge in [-0.05, 0) is 31.5 Å². The number of aliphatic carboxylic acids is 1. The third kappa shape index (κ3) is 2.65. The molecule has 0 saturated carbocycles. The molecule has 1 N–H and O–H groups in total. The van der Waals surface area contributed by atoms with Crippen LogP contribution in [-0.4, -0.2) is 36.9 Å². The van der Waals surface area contributed by atoms with Crippen molar-refractivity contribution in [3.63, 3.8) is 0 Å². The Bertz CT molecular complexity index is 661. The Labute approximate surface area is 127 Å². The summed E-state index contributed by atoms with van der Waals surface area (Å²) in [5, 5.41) is 9.56. The van der Waals surface area contributed by atoms with Crippen molar-refractivity contribution in [3.05, 3.63) is 28.2 Å². The van der Waals surface area contributed by atoms with E-state index in [9.17, 15) is 13.2 Å². The lowest BCUT2D eigenvalue weighted by Gasteiger charge is -2.20. The van der Waals surface area contributed by atoms with E-state index in [4.69, 9.17) is 28.3 Å². The molecule has 0 aliphatic carbocycles. The Morgan fingerprint density at radius 3 is 2.50 bits per heavy atom. The number of hydrogen-bond donors (Lipinski definition) is 1. The highest BCUT2D eigenvalue weighted by molar-refractivity contribution is 7.89. The molecular formula is C12H13Cl2NO4S. The third-order valence-electron chi connectivity index (χ3n) is 3.48. The van der Waals surface area contributed by atoms with Gasteiger partial charge in [-0.25, -0.2) is 8.42 Å². The van der Waals surface area contributed by atoms with E-state index >= 15 is 0 Å². The van der Waals surface area contributed by atoms with E-state index in [-0.39, 0.29) is 34.5 Å². The van der Waals surface area contributed by atoms with Gasteiger partial charge in [0, 0.05) is 13.1 Å². The van der Waals surface area contributed by atoms with Crippen LogP contribution >= 0.6 is 23.2 Å². The molecule has 1 fully saturated rings. The van der Waals surface area contributed by atoms with Crippen molar-refractivity contribution in [2.45, 2.75) is 18.2 Å². The van der Waals surface area contributed by atoms with Gasteiger partial charge in [0.1, 0.15) is 0 Å². The van der Waals surface area contributed by atoms with Crippen LogP contribution in [0.25, 0.3) is 0 Å². The first-order valence-electron chi connectivity index (χ1n) is 5.85. The summed E-state index contributed by atoms with van der Waals surface area (Å²) in [6.45, 7) is 1.66. The Morgan fingerprint density at radius 1 is 1.35 bits per heavy atom. The summed E-state index contributed by atoms with van der Waals surface area (Å²) in [6.07, 6.45) is 0.281. The van der Waals surface area contributed by atoms with Crippen molar-refractivity contribution in [2.75, 3.05) is 13.1 Å². The number of hydrogen-bond acceptors (Lipinski definition) is 3. The lowest BCUT2D eigenvalue weighted by atomic mass is 9.90. The maximum atomic E-state index is 12.4. The molecule has 1 saturated heterocycles. The molecule has 5 nitrogen and oxygen atoms in total. The van der Waals surface area contributed by atoms with E-state index in [0.29, 0.717) is 0 Å². The Kier molecular flexibility index (Phi) is 4.03. The Balaban J connectivity index is 2.33. The molecule has 0 spiro atoms. The maximum absolute atomic E-state index is 12.4. The highest BCUT2D eigenvalue weighted by atomic mass is 35.5. The van der Waals surface area contributed by atoms with Crippen molar-refractivity contribution in [2.24, 2.45) is 5.41 Å². The highest BCUT2D eigenvalue weighted by Crippen LogP contribution is 2.34. The molecule has 2 rings (SSSR count). The fourth-order valence-electron chi connectivity index (χ4n) is 2.08. The number of carboxylic acid groups (broad SMARTS) is 1. The predicted octanol–water partition coefficient (Wildman–Crippen LogP) is 2.48. The van der Waals surface area contributed by atoms with Crippen LogP contribution in [0.5, 0.6) is 0 Å². The molecule has 8 heteroatoms. The van der Waals surface area contributed by atoms with Gasteiger partial charge < -0.3 is 5.11 Å². The standard InChI is InChI=1S/C12H13Cl2NO4S/c1-12(11(16)17)4-5-15(7-12)20(18,19)8-2-3-9(13)10(14)6-8/h2-3,6H,4-5,7H2,1H3,(H,16,17). The zero-order chi connectivity index (χ0) is 15.1. The van der Waals surface area contributed by atoms with Crippen LogP contribution in [0.15, 0.2) is 23.1 Å². The van der Waals surface area contributed by atoms with Gasteiger partial charge >= 0.3 is 5.97 Å². The van der Waals surface area contributed by atoms with Crippen LogP contribution in [0.3, 0.4) is 0 Å². The van der Waals surface area contributed by atoms with E-state index in [1.54, 1.807) is 6.92 Å². The minimum atomic E-state index is -3.76. The molecule has 1 aromatic rings. The summed E-state index contributed by atoms with van der Waals surface area (Å²) in [4.78, 5) is 11.2. The largest absolute Gasteiger partial charge is 0.481 e. The van der Waals surface area contributed by atoms with E-state index < -0.39 is 21.4 Å². The van der Waals surface area contributed by atoms with Gasteiger partial charge in [0.25, 0.3) is 0 Å². The third-order valence-corrected chi connectivity index (χ3v) is 6.06. The molecule has 0 amide bonds. The van der Waals surface area contributed by atoms with Crippen LogP contribution in [0.2, 0.25) is 10.0 Å². The van der Waals surface area contributed by atoms with Crippen LogP contribution < -0.4 is 0 Å². The summed E-state index contributed by atoms with van der Waals surface area (Å²) < 4.78 is 26.0. The van der Waals surface area contributed by atoms with Gasteiger partial charge in [0.05, 0.1) is 20.4 Å². The first-order valence-corrected chi connectivity index (χ1v) is 8.05. The van der Waals surface area contributed by atoms with E-state index in [1.165, 1.54) is 22.5 Å². The first kappa shape index (κ1) is 15.6. The molecule has 1 aromatic carbocycles. The maximum Gasteiger partial charge on any atom is 0.310 e. The van der Waals surface area contributed by atoms with Gasteiger partial charge in [0.15, 0.2) is 0 Å². The van der Waals surface area contributed by atoms with Gasteiger partial charge in [-0.15, -0.1) is 0 Å². The van der Waals surface area contributed by atoms with Gasteiger partial charge in [0.2, 0.25) is 10.0 Å². The number of sulfonamides is 1. The number of carbonyl (C=O) groups is 1. The molecule has 0 aromatic heterocycles. The van der Waals surface area contributed by atoms with Crippen molar-refractivity contribution in [1.29, 1.82) is 0 Å². The fourth-order valence-corrected chi connectivity index (χ4v) is 4.04. The Morgan fingerprint density at radius 2 is 2.00 bits per heavy atom. The minimum absolute atomic E-state index is 0.0153. The summed E-state index contributed by atoms with van der Waals surface area (Å²) in [6, 6.07) is 4.04. The molecule has 1 atom stereocenters. The molecule has 20 heavy (non-hydrogen) atoms. The number of carboxylic acids is 1. The molecular weight excluding hydrogens is 325 g/mol. The van der Waals surface area contributed by atoms with Gasteiger partial charge in [-0.1, -0.05) is 23.2 Å². The fraction of sp³-hybridized carbons (Fsp3) is 0.417. The number of halogens is 2. The monoisotopic (exact) mass is 337 g/mol. The second-order valence-electron chi connectivity index (χ2n) is 5.03. The van der Waals surface area contributed by atoms with E-state index in [2.05, 4.69) is 0 Å². The second-order valence-corrected chi connectivity index (χ2v) is 7.78. The Hall–Kier alpha value is -0.820. The van der Waals surface area contributed by atoms with Crippen molar-refractivity contribution in [3.8, 4) is 0 Å². The van der Waals surface area contributed by atoms with Crippen molar-refractivity contribution < 1.29 is 18.3 Å². The van der Waals surface area contributed by atoms with Gasteiger partial charge in [-0.3, -0.25) is 4.79 Å². The minimum Gasteiger partial charge on any atom is -0.481 e. The molecule has 0 radical (unpaired) electrons. The van der Waals surface area contributed by atoms with Crippen molar-refractivity contribution in [1.82, 2.24) is 4.31 Å². The van der Waals surface area contributed by atoms with Crippen LogP contribution in [0.1, 0.15) is 13.3 Å². The topological polar surface area (TPSA) is 74.7 Å². The first-order chi connectivity index (χ1) is 9.17. The van der Waals surface area contributed by atoms with Crippen molar-refractivity contribution >= 4 is 39.2 Å². The van der Waals surface area contributed by atoms with Crippen LogP contribution in [-0.2, 0) is 14.8 Å². The number of benzene rings is 1.